The Hall–Kier alpha value is -4.04. The molecular formula is C25H20ClFN4O3. The summed E-state index contributed by atoms with van der Waals surface area (Å²) in [5, 5.41) is 7.09. The average molecular weight is 479 g/mol. The first-order chi connectivity index (χ1) is 16.3. The van der Waals surface area contributed by atoms with Crippen molar-refractivity contribution in [2.75, 3.05) is 0 Å². The minimum atomic E-state index is -0.842. The lowest BCUT2D eigenvalue weighted by molar-refractivity contribution is 0.0941. The van der Waals surface area contributed by atoms with Gasteiger partial charge in [-0.05, 0) is 53.9 Å². The zero-order valence-electron chi connectivity index (χ0n) is 18.2. The molecular weight excluding hydrogens is 459 g/mol. The first-order valence-electron chi connectivity index (χ1n) is 10.4. The van der Waals surface area contributed by atoms with Crippen LogP contribution in [-0.2, 0) is 13.1 Å². The summed E-state index contributed by atoms with van der Waals surface area (Å²) in [5.41, 5.74) is 0.468. The van der Waals surface area contributed by atoms with Crippen molar-refractivity contribution in [1.29, 1.82) is 0 Å². The van der Waals surface area contributed by atoms with E-state index in [-0.39, 0.29) is 13.1 Å². The van der Waals surface area contributed by atoms with Crippen LogP contribution in [-0.4, -0.2) is 20.3 Å². The SMILES string of the molecule is Cc1cccc(-n2nc(C(=O)NCc3ccc(F)cc3)c(=O)n(Cc3ccccc3Cl)c2=O)c1. The van der Waals surface area contributed by atoms with Gasteiger partial charge in [-0.15, -0.1) is 0 Å². The van der Waals surface area contributed by atoms with Crippen LogP contribution in [0.5, 0.6) is 0 Å². The second kappa shape index (κ2) is 9.84. The number of benzene rings is 3. The van der Waals surface area contributed by atoms with Crippen LogP contribution in [0.4, 0.5) is 4.39 Å². The standard InChI is InChI=1S/C25H20ClFN4O3/c1-16-5-4-7-20(13-16)31-25(34)30(15-18-6-2-3-8-21(18)26)24(33)22(29-31)23(32)28-14-17-9-11-19(27)12-10-17/h2-13H,14-15H2,1H3,(H,28,32). The van der Waals surface area contributed by atoms with Crippen molar-refractivity contribution in [1.82, 2.24) is 19.7 Å². The lowest BCUT2D eigenvalue weighted by Crippen LogP contribution is -2.46. The summed E-state index contributed by atoms with van der Waals surface area (Å²) in [5.74, 6) is -1.16. The van der Waals surface area contributed by atoms with Gasteiger partial charge in [0.15, 0.2) is 0 Å². The van der Waals surface area contributed by atoms with Gasteiger partial charge in [-0.25, -0.2) is 9.18 Å². The molecule has 34 heavy (non-hydrogen) atoms. The molecule has 4 aromatic rings. The number of nitrogens with one attached hydrogen (secondary N) is 1. The summed E-state index contributed by atoms with van der Waals surface area (Å²) >= 11 is 6.24. The number of carbonyl (C=O) groups excluding carboxylic acids is 1. The number of aromatic nitrogens is 3. The Morgan fingerprint density at radius 1 is 1.03 bits per heavy atom. The van der Waals surface area contributed by atoms with E-state index in [2.05, 4.69) is 10.4 Å². The number of amides is 1. The Morgan fingerprint density at radius 3 is 2.47 bits per heavy atom. The fraction of sp³-hybridized carbons (Fsp3) is 0.120. The third-order valence-electron chi connectivity index (χ3n) is 5.17. The van der Waals surface area contributed by atoms with E-state index < -0.39 is 28.7 Å². The lowest BCUT2D eigenvalue weighted by Gasteiger charge is -2.13. The van der Waals surface area contributed by atoms with E-state index in [0.717, 1.165) is 14.8 Å². The van der Waals surface area contributed by atoms with E-state index in [9.17, 15) is 18.8 Å². The second-order valence-electron chi connectivity index (χ2n) is 7.67. The Bertz CT molecular complexity index is 1480. The van der Waals surface area contributed by atoms with Gasteiger partial charge in [0.2, 0.25) is 5.69 Å². The molecule has 0 saturated heterocycles. The van der Waals surface area contributed by atoms with E-state index >= 15 is 0 Å². The molecule has 0 aliphatic rings. The fourth-order valence-electron chi connectivity index (χ4n) is 3.39. The monoisotopic (exact) mass is 478 g/mol. The summed E-state index contributed by atoms with van der Waals surface area (Å²) in [6, 6.07) is 19.4. The molecule has 9 heteroatoms. The van der Waals surface area contributed by atoms with Crippen molar-refractivity contribution < 1.29 is 9.18 Å². The fourth-order valence-corrected chi connectivity index (χ4v) is 3.59. The normalized spacial score (nSPS) is 10.8. The summed E-state index contributed by atoms with van der Waals surface area (Å²) in [7, 11) is 0. The molecule has 0 fully saturated rings. The van der Waals surface area contributed by atoms with Gasteiger partial charge in [0, 0.05) is 11.6 Å². The molecule has 0 radical (unpaired) electrons. The molecule has 0 spiro atoms. The number of hydrogen-bond donors (Lipinski definition) is 1. The summed E-state index contributed by atoms with van der Waals surface area (Å²) in [4.78, 5) is 39.4. The van der Waals surface area contributed by atoms with Gasteiger partial charge in [0.1, 0.15) is 5.82 Å². The van der Waals surface area contributed by atoms with Gasteiger partial charge < -0.3 is 5.32 Å². The summed E-state index contributed by atoms with van der Waals surface area (Å²) in [6.45, 7) is 1.77. The van der Waals surface area contributed by atoms with E-state index in [1.807, 2.05) is 13.0 Å². The van der Waals surface area contributed by atoms with Crippen molar-refractivity contribution in [3.05, 3.63) is 127 Å². The van der Waals surface area contributed by atoms with Crippen LogP contribution < -0.4 is 16.6 Å². The molecule has 7 nitrogen and oxygen atoms in total. The molecule has 3 aromatic carbocycles. The van der Waals surface area contributed by atoms with Crippen LogP contribution in [0.1, 0.15) is 27.2 Å². The van der Waals surface area contributed by atoms with Crippen LogP contribution in [0, 0.1) is 12.7 Å². The maximum Gasteiger partial charge on any atom is 0.352 e. The molecule has 1 amide bonds. The largest absolute Gasteiger partial charge is 0.352 e. The van der Waals surface area contributed by atoms with E-state index in [1.165, 1.54) is 24.3 Å². The van der Waals surface area contributed by atoms with E-state index in [4.69, 9.17) is 11.6 Å². The first kappa shape index (κ1) is 23.1. The minimum Gasteiger partial charge on any atom is -0.346 e. The van der Waals surface area contributed by atoms with Crippen LogP contribution in [0.25, 0.3) is 5.69 Å². The second-order valence-corrected chi connectivity index (χ2v) is 8.08. The van der Waals surface area contributed by atoms with Crippen molar-refractivity contribution in [3.8, 4) is 5.69 Å². The van der Waals surface area contributed by atoms with Crippen molar-refractivity contribution in [3.63, 3.8) is 0 Å². The predicted octanol–water partition coefficient (Wildman–Crippen LogP) is 3.47. The third kappa shape index (κ3) is 4.97. The molecule has 0 unspecified atom stereocenters. The molecule has 0 saturated carbocycles. The van der Waals surface area contributed by atoms with Crippen LogP contribution >= 0.6 is 11.6 Å². The number of aryl methyl sites for hydroxylation is 1. The van der Waals surface area contributed by atoms with Gasteiger partial charge in [-0.3, -0.25) is 14.2 Å². The van der Waals surface area contributed by atoms with E-state index in [0.29, 0.717) is 21.8 Å². The Labute approximate surface area is 199 Å². The molecule has 1 N–H and O–H groups in total. The topological polar surface area (TPSA) is 86.0 Å². The quantitative estimate of drug-likeness (QED) is 0.460. The Morgan fingerprint density at radius 2 is 1.76 bits per heavy atom. The van der Waals surface area contributed by atoms with Gasteiger partial charge >= 0.3 is 5.69 Å². The Kier molecular flexibility index (Phi) is 6.70. The molecule has 0 atom stereocenters. The van der Waals surface area contributed by atoms with Crippen molar-refractivity contribution >= 4 is 17.5 Å². The number of halogens is 2. The molecule has 172 valence electrons. The highest BCUT2D eigenvalue weighted by Gasteiger charge is 2.21. The van der Waals surface area contributed by atoms with Crippen molar-refractivity contribution in [2.45, 2.75) is 20.0 Å². The molecule has 0 bridgehead atoms. The molecule has 1 aromatic heterocycles. The molecule has 0 aliphatic carbocycles. The number of carbonyl (C=O) groups is 1. The molecule has 0 aliphatic heterocycles. The highest BCUT2D eigenvalue weighted by molar-refractivity contribution is 6.31. The van der Waals surface area contributed by atoms with E-state index in [1.54, 1.807) is 42.5 Å². The highest BCUT2D eigenvalue weighted by Crippen LogP contribution is 2.15. The summed E-state index contributed by atoms with van der Waals surface area (Å²) < 4.78 is 15.1. The van der Waals surface area contributed by atoms with Crippen molar-refractivity contribution in [2.24, 2.45) is 0 Å². The van der Waals surface area contributed by atoms with Gasteiger partial charge in [0.05, 0.1) is 12.2 Å². The van der Waals surface area contributed by atoms with Crippen LogP contribution in [0.2, 0.25) is 5.02 Å². The smallest absolute Gasteiger partial charge is 0.346 e. The maximum atomic E-state index is 13.3. The zero-order chi connectivity index (χ0) is 24.2. The average Bonchev–Trinajstić information content (AvgIpc) is 2.82. The third-order valence-corrected chi connectivity index (χ3v) is 5.54. The van der Waals surface area contributed by atoms with Crippen LogP contribution in [0.3, 0.4) is 0 Å². The van der Waals surface area contributed by atoms with Crippen LogP contribution in [0.15, 0.2) is 82.4 Å². The zero-order valence-corrected chi connectivity index (χ0v) is 18.9. The first-order valence-corrected chi connectivity index (χ1v) is 10.8. The molecule has 1 heterocycles. The highest BCUT2D eigenvalue weighted by atomic mass is 35.5. The number of hydrogen-bond acceptors (Lipinski definition) is 4. The molecule has 4 rings (SSSR count). The maximum absolute atomic E-state index is 13.3. The van der Waals surface area contributed by atoms with Gasteiger partial charge in [0.25, 0.3) is 11.5 Å². The summed E-state index contributed by atoms with van der Waals surface area (Å²) in [6.07, 6.45) is 0. The predicted molar refractivity (Wildman–Crippen MR) is 127 cm³/mol. The minimum absolute atomic E-state index is 0.0499. The Balaban J connectivity index is 1.78. The lowest BCUT2D eigenvalue weighted by atomic mass is 10.2. The van der Waals surface area contributed by atoms with Gasteiger partial charge in [-0.2, -0.15) is 9.78 Å². The number of nitrogens with zero attached hydrogens (tertiary/aromatic N) is 3. The van der Waals surface area contributed by atoms with Gasteiger partial charge in [-0.1, -0.05) is 54.1 Å². The number of rotatable bonds is 6.